The lowest BCUT2D eigenvalue weighted by molar-refractivity contribution is 0.347. The van der Waals surface area contributed by atoms with Gasteiger partial charge in [-0.1, -0.05) is 24.8 Å². The lowest BCUT2D eigenvalue weighted by Crippen LogP contribution is -2.08. The maximum Gasteiger partial charge on any atom is 0.124 e. The van der Waals surface area contributed by atoms with E-state index in [2.05, 4.69) is 6.58 Å². The number of hydrogen-bond donors (Lipinski definition) is 1. The summed E-state index contributed by atoms with van der Waals surface area (Å²) in [5.41, 5.74) is 7.86. The summed E-state index contributed by atoms with van der Waals surface area (Å²) < 4.78 is 5.58. The minimum absolute atomic E-state index is 0.00341. The van der Waals surface area contributed by atoms with E-state index in [1.807, 2.05) is 38.1 Å². The van der Waals surface area contributed by atoms with Crippen molar-refractivity contribution in [3.8, 4) is 5.75 Å². The van der Waals surface area contributed by atoms with Crippen molar-refractivity contribution >= 4 is 0 Å². The third-order valence-electron chi connectivity index (χ3n) is 1.88. The maximum atomic E-state index is 5.82. The van der Waals surface area contributed by atoms with Crippen molar-refractivity contribution in [3.05, 3.63) is 42.0 Å². The fourth-order valence-corrected chi connectivity index (χ4v) is 1.19. The SMILES string of the molecule is C=C(C)COc1ccccc1[C@H](C)N. The van der Waals surface area contributed by atoms with Crippen molar-refractivity contribution in [1.82, 2.24) is 0 Å². The van der Waals surface area contributed by atoms with E-state index in [0.29, 0.717) is 6.61 Å². The fourth-order valence-electron chi connectivity index (χ4n) is 1.19. The van der Waals surface area contributed by atoms with Gasteiger partial charge in [-0.25, -0.2) is 0 Å². The van der Waals surface area contributed by atoms with Crippen molar-refractivity contribution in [2.45, 2.75) is 19.9 Å². The van der Waals surface area contributed by atoms with Crippen LogP contribution in [-0.4, -0.2) is 6.61 Å². The zero-order chi connectivity index (χ0) is 10.6. The van der Waals surface area contributed by atoms with Gasteiger partial charge >= 0.3 is 0 Å². The normalized spacial score (nSPS) is 12.2. The molecule has 0 radical (unpaired) electrons. The molecule has 2 nitrogen and oxygen atoms in total. The van der Waals surface area contributed by atoms with Crippen molar-refractivity contribution in [2.75, 3.05) is 6.61 Å². The third kappa shape index (κ3) is 2.89. The Labute approximate surface area is 85.4 Å². The Kier molecular flexibility index (Phi) is 3.72. The van der Waals surface area contributed by atoms with Gasteiger partial charge in [0.05, 0.1) is 0 Å². The molecule has 1 aromatic rings. The van der Waals surface area contributed by atoms with Gasteiger partial charge in [-0.2, -0.15) is 0 Å². The second kappa shape index (κ2) is 4.82. The molecule has 1 rings (SSSR count). The Balaban J connectivity index is 2.79. The summed E-state index contributed by atoms with van der Waals surface area (Å²) in [6.45, 7) is 8.22. The van der Waals surface area contributed by atoms with E-state index in [-0.39, 0.29) is 6.04 Å². The maximum absolute atomic E-state index is 5.82. The molecule has 2 heteroatoms. The first-order valence-corrected chi connectivity index (χ1v) is 4.73. The van der Waals surface area contributed by atoms with Crippen LogP contribution in [0.2, 0.25) is 0 Å². The molecule has 0 unspecified atom stereocenters. The van der Waals surface area contributed by atoms with E-state index in [9.17, 15) is 0 Å². The first-order valence-electron chi connectivity index (χ1n) is 4.73. The van der Waals surface area contributed by atoms with E-state index >= 15 is 0 Å². The van der Waals surface area contributed by atoms with E-state index in [0.717, 1.165) is 16.9 Å². The molecule has 1 atom stereocenters. The quantitative estimate of drug-likeness (QED) is 0.742. The van der Waals surface area contributed by atoms with Crippen LogP contribution in [0.4, 0.5) is 0 Å². The van der Waals surface area contributed by atoms with Gasteiger partial charge in [0.2, 0.25) is 0 Å². The molecule has 0 amide bonds. The van der Waals surface area contributed by atoms with E-state index < -0.39 is 0 Å². The average Bonchev–Trinajstić information content (AvgIpc) is 2.15. The Morgan fingerprint density at radius 2 is 2.14 bits per heavy atom. The third-order valence-corrected chi connectivity index (χ3v) is 1.88. The van der Waals surface area contributed by atoms with Crippen LogP contribution < -0.4 is 10.5 Å². The Bertz CT molecular complexity index is 318. The molecule has 0 fully saturated rings. The van der Waals surface area contributed by atoms with Crippen LogP contribution in [-0.2, 0) is 0 Å². The van der Waals surface area contributed by atoms with E-state index in [1.165, 1.54) is 0 Å². The molecule has 0 saturated heterocycles. The molecule has 0 aliphatic heterocycles. The first-order chi connectivity index (χ1) is 6.61. The molecule has 0 aliphatic rings. The number of para-hydroxylation sites is 1. The van der Waals surface area contributed by atoms with Gasteiger partial charge in [-0.05, 0) is 25.5 Å². The zero-order valence-electron chi connectivity index (χ0n) is 8.79. The minimum Gasteiger partial charge on any atom is -0.489 e. The predicted octanol–water partition coefficient (Wildman–Crippen LogP) is 2.66. The predicted molar refractivity (Wildman–Crippen MR) is 59.4 cm³/mol. The molecule has 14 heavy (non-hydrogen) atoms. The molecule has 1 aromatic carbocycles. The summed E-state index contributed by atoms with van der Waals surface area (Å²) in [4.78, 5) is 0. The molecule has 0 aromatic heterocycles. The van der Waals surface area contributed by atoms with Crippen LogP contribution in [0, 0.1) is 0 Å². The fraction of sp³-hybridized carbons (Fsp3) is 0.333. The number of hydrogen-bond acceptors (Lipinski definition) is 2. The highest BCUT2D eigenvalue weighted by Crippen LogP contribution is 2.23. The summed E-state index contributed by atoms with van der Waals surface area (Å²) >= 11 is 0. The van der Waals surface area contributed by atoms with Gasteiger partial charge in [-0.3, -0.25) is 0 Å². The van der Waals surface area contributed by atoms with Gasteiger partial charge < -0.3 is 10.5 Å². The van der Waals surface area contributed by atoms with Crippen molar-refractivity contribution in [1.29, 1.82) is 0 Å². The molecule has 2 N–H and O–H groups in total. The summed E-state index contributed by atoms with van der Waals surface area (Å²) in [7, 11) is 0. The van der Waals surface area contributed by atoms with Gasteiger partial charge in [-0.15, -0.1) is 0 Å². The minimum atomic E-state index is -0.00341. The largest absolute Gasteiger partial charge is 0.489 e. The lowest BCUT2D eigenvalue weighted by atomic mass is 10.1. The Hall–Kier alpha value is -1.28. The van der Waals surface area contributed by atoms with Gasteiger partial charge in [0.15, 0.2) is 0 Å². The van der Waals surface area contributed by atoms with Crippen molar-refractivity contribution in [2.24, 2.45) is 5.73 Å². The molecule has 76 valence electrons. The van der Waals surface area contributed by atoms with Crippen LogP contribution in [0.25, 0.3) is 0 Å². The van der Waals surface area contributed by atoms with Crippen molar-refractivity contribution in [3.63, 3.8) is 0 Å². The summed E-state index contributed by atoms with van der Waals surface area (Å²) in [6.07, 6.45) is 0. The number of benzene rings is 1. The topological polar surface area (TPSA) is 35.2 Å². The van der Waals surface area contributed by atoms with Gasteiger partial charge in [0, 0.05) is 11.6 Å². The van der Waals surface area contributed by atoms with Gasteiger partial charge in [0.1, 0.15) is 12.4 Å². The summed E-state index contributed by atoms with van der Waals surface area (Å²) in [5, 5.41) is 0. The monoisotopic (exact) mass is 191 g/mol. The standard InChI is InChI=1S/C12H17NO/c1-9(2)8-14-12-7-5-4-6-11(12)10(3)13/h4-7,10H,1,8,13H2,2-3H3/t10-/m0/s1. The number of rotatable bonds is 4. The van der Waals surface area contributed by atoms with Crippen LogP contribution in [0.15, 0.2) is 36.4 Å². The van der Waals surface area contributed by atoms with Crippen molar-refractivity contribution < 1.29 is 4.74 Å². The Morgan fingerprint density at radius 1 is 1.50 bits per heavy atom. The second-order valence-corrected chi connectivity index (χ2v) is 3.57. The highest BCUT2D eigenvalue weighted by atomic mass is 16.5. The summed E-state index contributed by atoms with van der Waals surface area (Å²) in [6, 6.07) is 7.82. The zero-order valence-corrected chi connectivity index (χ0v) is 8.79. The number of ether oxygens (including phenoxy) is 1. The van der Waals surface area contributed by atoms with E-state index in [4.69, 9.17) is 10.5 Å². The molecule has 0 bridgehead atoms. The molecular formula is C12H17NO. The Morgan fingerprint density at radius 3 is 2.71 bits per heavy atom. The average molecular weight is 191 g/mol. The van der Waals surface area contributed by atoms with Crippen LogP contribution in [0.5, 0.6) is 5.75 Å². The van der Waals surface area contributed by atoms with Gasteiger partial charge in [0.25, 0.3) is 0 Å². The molecule has 0 aliphatic carbocycles. The smallest absolute Gasteiger partial charge is 0.124 e. The number of nitrogens with two attached hydrogens (primary N) is 1. The van der Waals surface area contributed by atoms with Crippen LogP contribution in [0.1, 0.15) is 25.5 Å². The first kappa shape index (κ1) is 10.8. The second-order valence-electron chi connectivity index (χ2n) is 3.57. The molecule has 0 spiro atoms. The van der Waals surface area contributed by atoms with E-state index in [1.54, 1.807) is 0 Å². The summed E-state index contributed by atoms with van der Waals surface area (Å²) in [5.74, 6) is 0.852. The highest BCUT2D eigenvalue weighted by molar-refractivity contribution is 5.35. The molecule has 0 heterocycles. The van der Waals surface area contributed by atoms with Crippen LogP contribution >= 0.6 is 0 Å². The lowest BCUT2D eigenvalue weighted by Gasteiger charge is -2.13. The molecule has 0 saturated carbocycles. The highest BCUT2D eigenvalue weighted by Gasteiger charge is 2.06. The van der Waals surface area contributed by atoms with Crippen LogP contribution in [0.3, 0.4) is 0 Å². The molecular weight excluding hydrogens is 174 g/mol.